The number of carbonyl (C=O) groups excluding carboxylic acids is 4. The molecule has 0 saturated carbocycles. The second kappa shape index (κ2) is 17.1. The average molecular weight is 839 g/mol. The van der Waals surface area contributed by atoms with Crippen LogP contribution in [-0.2, 0) is 51.4 Å². The van der Waals surface area contributed by atoms with E-state index in [1.54, 1.807) is 73.0 Å². The molecule has 1 aromatic heterocycles. The molecule has 5 rings (SSSR count). The molecule has 4 amide bonds. The van der Waals surface area contributed by atoms with E-state index in [0.717, 1.165) is 5.56 Å². The van der Waals surface area contributed by atoms with E-state index < -0.39 is 73.3 Å². The van der Waals surface area contributed by atoms with Crippen molar-refractivity contribution < 1.29 is 58.8 Å². The van der Waals surface area contributed by atoms with E-state index in [-0.39, 0.29) is 35.6 Å². The minimum atomic E-state index is -4.55. The van der Waals surface area contributed by atoms with Gasteiger partial charge in [0, 0.05) is 34.8 Å². The van der Waals surface area contributed by atoms with E-state index in [9.17, 15) is 49.9 Å². The van der Waals surface area contributed by atoms with Crippen molar-refractivity contribution in [2.75, 3.05) is 17.6 Å². The molecule has 4 aromatic rings. The van der Waals surface area contributed by atoms with Gasteiger partial charge < -0.3 is 30.8 Å². The normalized spacial score (nSPS) is 14.8. The number of nitrogens with zero attached hydrogens (tertiary/aromatic N) is 1. The number of rotatable bonds is 17. The molecule has 3 aromatic carbocycles. The zero-order valence-corrected chi connectivity index (χ0v) is 32.9. The molecule has 0 radical (unpaired) electrons. The third kappa shape index (κ3) is 10.4. The second-order valence-electron chi connectivity index (χ2n) is 13.8. The van der Waals surface area contributed by atoms with Gasteiger partial charge in [-0.05, 0) is 74.9 Å². The first-order valence-corrected chi connectivity index (χ1v) is 20.5. The van der Waals surface area contributed by atoms with Crippen LogP contribution in [0.25, 0.3) is 17.0 Å². The first kappa shape index (κ1) is 42.9. The van der Waals surface area contributed by atoms with Gasteiger partial charge in [0.05, 0.1) is 22.3 Å². The Kier molecular flexibility index (Phi) is 12.7. The molecule has 0 aliphatic carbocycles. The predicted octanol–water partition coefficient (Wildman–Crippen LogP) is 2.03. The maximum atomic E-state index is 13.1. The summed E-state index contributed by atoms with van der Waals surface area (Å²) < 4.78 is 79.3. The number of allylic oxidation sites excluding steroid dienone is 1. The van der Waals surface area contributed by atoms with Crippen molar-refractivity contribution in [3.63, 3.8) is 0 Å². The fourth-order valence-electron chi connectivity index (χ4n) is 6.24. The predicted molar refractivity (Wildman–Crippen MR) is 211 cm³/mol. The smallest absolute Gasteiger partial charge is 0.343 e. The highest BCUT2D eigenvalue weighted by Gasteiger charge is 2.45. The minimum Gasteiger partial charge on any atom is -0.489 e. The number of anilines is 1. The number of fused-ring (bicyclic) bond motifs is 2. The van der Waals surface area contributed by atoms with Crippen LogP contribution in [0.5, 0.6) is 5.75 Å². The van der Waals surface area contributed by atoms with Crippen LogP contribution in [0.4, 0.5) is 11.4 Å². The molecule has 1 aliphatic rings. The molecule has 0 spiro atoms. The fraction of sp³-hybridized carbons (Fsp3) is 0.263. The highest BCUT2D eigenvalue weighted by atomic mass is 32.2. The average Bonchev–Trinajstić information content (AvgIpc) is 3.35. The second-order valence-corrected chi connectivity index (χ2v) is 16.8. The van der Waals surface area contributed by atoms with Gasteiger partial charge in [-0.25, -0.2) is 4.79 Å². The summed E-state index contributed by atoms with van der Waals surface area (Å²) in [6.07, 6.45) is 2.88. The van der Waals surface area contributed by atoms with Crippen molar-refractivity contribution in [1.82, 2.24) is 10.6 Å². The Morgan fingerprint density at radius 2 is 1.67 bits per heavy atom. The molecule has 18 nitrogen and oxygen atoms in total. The third-order valence-corrected chi connectivity index (χ3v) is 10.8. The summed E-state index contributed by atoms with van der Waals surface area (Å²) >= 11 is 0. The maximum Gasteiger partial charge on any atom is 0.343 e. The van der Waals surface area contributed by atoms with Gasteiger partial charge in [0.25, 0.3) is 20.2 Å². The van der Waals surface area contributed by atoms with Crippen LogP contribution in [0, 0.1) is 0 Å². The van der Waals surface area contributed by atoms with E-state index in [1.165, 1.54) is 31.2 Å². The minimum absolute atomic E-state index is 0.110. The Morgan fingerprint density at radius 3 is 2.31 bits per heavy atom. The number of carbonyl (C=O) groups is 4. The molecule has 0 unspecified atom stereocenters. The highest BCUT2D eigenvalue weighted by Crippen LogP contribution is 2.41. The number of hydrogen-bond acceptors (Lipinski definition) is 11. The summed E-state index contributed by atoms with van der Waals surface area (Å²) in [5, 5.41) is 7.82. The van der Waals surface area contributed by atoms with Gasteiger partial charge in [-0.2, -0.15) is 21.4 Å². The zero-order valence-electron chi connectivity index (χ0n) is 31.3. The molecule has 7 N–H and O–H groups in total. The van der Waals surface area contributed by atoms with E-state index >= 15 is 0 Å². The summed E-state index contributed by atoms with van der Waals surface area (Å²) in [6.45, 7) is 4.87. The van der Waals surface area contributed by atoms with E-state index in [2.05, 4.69) is 16.0 Å². The van der Waals surface area contributed by atoms with Gasteiger partial charge in [-0.3, -0.25) is 28.3 Å². The number of benzene rings is 3. The SMILES string of the molecule is C[C@H](NC(=O)[C@@H](CC(N)=O)NC=O)C(=O)Nc1ccc(COc2ccc3cc(/C=C/C4=[N+](CCS(=O)(=O)O)c5ccc(S(=O)(=O)O)cc5C4(C)C)c(=O)oc3c2)cc1. The third-order valence-electron chi connectivity index (χ3n) is 9.26. The van der Waals surface area contributed by atoms with E-state index in [1.807, 2.05) is 0 Å². The first-order chi connectivity index (χ1) is 27.2. The van der Waals surface area contributed by atoms with Crippen LogP contribution in [0.3, 0.4) is 0 Å². The molecule has 0 bridgehead atoms. The summed E-state index contributed by atoms with van der Waals surface area (Å²) in [6, 6.07) is 14.8. The van der Waals surface area contributed by atoms with Gasteiger partial charge in [-0.1, -0.05) is 12.1 Å². The van der Waals surface area contributed by atoms with Crippen molar-refractivity contribution in [2.24, 2.45) is 5.73 Å². The molecule has 2 atom stereocenters. The van der Waals surface area contributed by atoms with Crippen molar-refractivity contribution in [2.45, 2.75) is 56.2 Å². The number of amides is 4. The number of nitrogens with one attached hydrogen (secondary N) is 3. The lowest BCUT2D eigenvalue weighted by molar-refractivity contribution is -0.432. The molecular formula is C38H40N5O13S2+. The zero-order chi connectivity index (χ0) is 42.6. The number of nitrogens with two attached hydrogens (primary N) is 1. The molecule has 306 valence electrons. The summed E-state index contributed by atoms with van der Waals surface area (Å²) in [4.78, 5) is 59.8. The number of primary amides is 1. The Hall–Kier alpha value is -6.22. The number of hydrogen-bond donors (Lipinski definition) is 6. The summed E-state index contributed by atoms with van der Waals surface area (Å²) in [7, 11) is -8.93. The largest absolute Gasteiger partial charge is 0.489 e. The van der Waals surface area contributed by atoms with Crippen LogP contribution in [0.2, 0.25) is 0 Å². The maximum absolute atomic E-state index is 13.1. The summed E-state index contributed by atoms with van der Waals surface area (Å²) in [5.41, 5.74) is 6.42. The quantitative estimate of drug-likeness (QED) is 0.0385. The Balaban J connectivity index is 1.26. The van der Waals surface area contributed by atoms with Gasteiger partial charge in [0.15, 0.2) is 12.3 Å². The van der Waals surface area contributed by atoms with Crippen LogP contribution in [0.15, 0.2) is 86.9 Å². The Bertz CT molecular complexity index is 2640. The highest BCUT2D eigenvalue weighted by molar-refractivity contribution is 7.86. The molecule has 0 fully saturated rings. The van der Waals surface area contributed by atoms with Crippen molar-refractivity contribution in [3.8, 4) is 5.75 Å². The topological polar surface area (TPSA) is 282 Å². The molecule has 58 heavy (non-hydrogen) atoms. The van der Waals surface area contributed by atoms with Crippen LogP contribution < -0.4 is 32.0 Å². The molecule has 20 heteroatoms. The van der Waals surface area contributed by atoms with Crippen molar-refractivity contribution >= 4 is 78.5 Å². The Morgan fingerprint density at radius 1 is 0.966 bits per heavy atom. The van der Waals surface area contributed by atoms with Gasteiger partial charge >= 0.3 is 5.63 Å². The van der Waals surface area contributed by atoms with Crippen LogP contribution in [-0.4, -0.2) is 84.7 Å². The van der Waals surface area contributed by atoms with Crippen LogP contribution in [0.1, 0.15) is 43.9 Å². The van der Waals surface area contributed by atoms with Gasteiger partial charge in [-0.15, -0.1) is 0 Å². The van der Waals surface area contributed by atoms with Crippen molar-refractivity contribution in [1.29, 1.82) is 0 Å². The lowest BCUT2D eigenvalue weighted by Crippen LogP contribution is -2.51. The number of ether oxygens (including phenoxy) is 1. The molecule has 2 heterocycles. The lowest BCUT2D eigenvalue weighted by Gasteiger charge is -2.18. The van der Waals surface area contributed by atoms with E-state index in [0.29, 0.717) is 33.8 Å². The first-order valence-electron chi connectivity index (χ1n) is 17.5. The summed E-state index contributed by atoms with van der Waals surface area (Å²) in [5.74, 6) is -2.37. The lowest BCUT2D eigenvalue weighted by atomic mass is 9.81. The molecule has 1 aliphatic heterocycles. The van der Waals surface area contributed by atoms with Crippen LogP contribution >= 0.6 is 0 Å². The van der Waals surface area contributed by atoms with Gasteiger partial charge in [0.2, 0.25) is 29.8 Å². The monoisotopic (exact) mass is 838 g/mol. The standard InChI is InChI=1S/C38H39N5O13S2/c1-22(41-36(47)30(40-21-44)19-34(39)45)35(46)42-26-8-4-23(5-9-26)20-55-27-10-6-24-16-25(37(48)56-32(24)17-27)7-13-33-38(2,3)29-18-28(58(52,53)54)11-12-31(29)43(33)14-15-57(49,50)51/h4-13,16-18,21-22,30H,14-15,19-20H2,1-3H3,(H6-,39,40,41,42,44,45,46,47,49,50,51,52,53,54)/p+1/b13-7+/t22-,30+/m0/s1. The molecular weight excluding hydrogens is 799 g/mol. The van der Waals surface area contributed by atoms with E-state index in [4.69, 9.17) is 14.9 Å². The molecule has 0 saturated heterocycles. The fourth-order valence-corrected chi connectivity index (χ4v) is 7.16. The Labute approximate surface area is 332 Å². The van der Waals surface area contributed by atoms with Crippen molar-refractivity contribution in [3.05, 3.63) is 99.9 Å². The van der Waals surface area contributed by atoms with Gasteiger partial charge in [0.1, 0.15) is 35.8 Å².